The molecule has 25 heavy (non-hydrogen) atoms. The topological polar surface area (TPSA) is 91.1 Å². The van der Waals surface area contributed by atoms with Crippen molar-refractivity contribution in [3.05, 3.63) is 0 Å². The zero-order valence-electron chi connectivity index (χ0n) is 16.2. The Balaban J connectivity index is 2.59. The number of hydrogen-bond acceptors (Lipinski definition) is 6. The predicted octanol–water partition coefficient (Wildman–Crippen LogP) is 2.46. The molecule has 0 aromatic rings. The molecule has 1 saturated heterocycles. The minimum absolute atomic E-state index is 0.116. The van der Waals surface area contributed by atoms with Crippen molar-refractivity contribution in [3.8, 4) is 0 Å². The molecule has 0 aromatic carbocycles. The third-order valence-corrected chi connectivity index (χ3v) is 3.99. The molecule has 1 unspecified atom stereocenters. The highest BCUT2D eigenvalue weighted by molar-refractivity contribution is 5.91. The molecule has 0 spiro atoms. The van der Waals surface area contributed by atoms with Gasteiger partial charge in [0.25, 0.3) is 0 Å². The van der Waals surface area contributed by atoms with Crippen molar-refractivity contribution in [2.45, 2.75) is 84.3 Å². The quantitative estimate of drug-likeness (QED) is 0.637. The lowest BCUT2D eigenvalue weighted by Crippen LogP contribution is -2.48. The number of rotatable bonds is 9. The Hall–Kier alpha value is -1.18. The fraction of sp³-hybridized carbons (Fsp3) is 0.889. The van der Waals surface area contributed by atoms with E-state index in [0.717, 1.165) is 6.42 Å². The molecule has 0 radical (unpaired) electrons. The molecular formula is C18H34N2O5. The van der Waals surface area contributed by atoms with Gasteiger partial charge in [-0.2, -0.15) is 0 Å². The monoisotopic (exact) mass is 358 g/mol. The molecule has 7 nitrogen and oxygen atoms in total. The zero-order chi connectivity index (χ0) is 19.0. The standard InChI is InChI=1S/C18H34N2O5/c1-6-23-15(24-7-2)11-10-13(19)16(21)14-9-8-12-20(14)17(22)25-18(3,4)5/h13-15H,6-12,19H2,1-5H3/t13?,14-/m0/s1. The van der Waals surface area contributed by atoms with Gasteiger partial charge in [-0.05, 0) is 53.9 Å². The molecule has 2 N–H and O–H groups in total. The number of carbonyl (C=O) groups is 2. The number of Topliss-reactive ketones (excluding diaryl/α,β-unsaturated/α-hetero) is 1. The van der Waals surface area contributed by atoms with Gasteiger partial charge in [0.1, 0.15) is 5.60 Å². The predicted molar refractivity (Wildman–Crippen MR) is 95.2 cm³/mol. The molecule has 1 aliphatic heterocycles. The normalized spacial score (nSPS) is 19.3. The van der Waals surface area contributed by atoms with Gasteiger partial charge in [-0.15, -0.1) is 0 Å². The maximum Gasteiger partial charge on any atom is 0.410 e. The fourth-order valence-corrected chi connectivity index (χ4v) is 2.89. The first kappa shape index (κ1) is 21.9. The third-order valence-electron chi connectivity index (χ3n) is 3.99. The number of ether oxygens (including phenoxy) is 3. The van der Waals surface area contributed by atoms with Gasteiger partial charge < -0.3 is 19.9 Å². The number of ketones is 1. The first-order valence-corrected chi connectivity index (χ1v) is 9.21. The Labute approximate surface area is 151 Å². The summed E-state index contributed by atoms with van der Waals surface area (Å²) in [5.41, 5.74) is 5.50. The van der Waals surface area contributed by atoms with Crippen LogP contribution in [0, 0.1) is 0 Å². The summed E-state index contributed by atoms with van der Waals surface area (Å²) >= 11 is 0. The molecule has 0 aliphatic carbocycles. The van der Waals surface area contributed by atoms with Gasteiger partial charge in [0.2, 0.25) is 0 Å². The van der Waals surface area contributed by atoms with Crippen LogP contribution >= 0.6 is 0 Å². The molecule has 0 aromatic heterocycles. The zero-order valence-corrected chi connectivity index (χ0v) is 16.2. The fourth-order valence-electron chi connectivity index (χ4n) is 2.89. The summed E-state index contributed by atoms with van der Waals surface area (Å²) in [6.07, 6.45) is 1.63. The van der Waals surface area contributed by atoms with Crippen LogP contribution in [0.5, 0.6) is 0 Å². The van der Waals surface area contributed by atoms with E-state index in [-0.39, 0.29) is 12.1 Å². The van der Waals surface area contributed by atoms with Crippen LogP contribution in [0.4, 0.5) is 4.79 Å². The van der Waals surface area contributed by atoms with E-state index in [1.807, 2.05) is 34.6 Å². The Bertz CT molecular complexity index is 430. The maximum atomic E-state index is 12.7. The van der Waals surface area contributed by atoms with Crippen molar-refractivity contribution < 1.29 is 23.8 Å². The minimum Gasteiger partial charge on any atom is -0.444 e. The second kappa shape index (κ2) is 10.1. The van der Waals surface area contributed by atoms with Gasteiger partial charge in [0, 0.05) is 26.2 Å². The molecular weight excluding hydrogens is 324 g/mol. The van der Waals surface area contributed by atoms with Crippen LogP contribution in [0.25, 0.3) is 0 Å². The second-order valence-electron chi connectivity index (χ2n) is 7.26. The van der Waals surface area contributed by atoms with Crippen LogP contribution in [-0.2, 0) is 19.0 Å². The number of likely N-dealkylation sites (tertiary alicyclic amines) is 1. The first-order chi connectivity index (χ1) is 11.7. The average molecular weight is 358 g/mol. The Kier molecular flexibility index (Phi) is 8.82. The summed E-state index contributed by atoms with van der Waals surface area (Å²) in [4.78, 5) is 26.5. The molecule has 7 heteroatoms. The number of nitrogens with zero attached hydrogens (tertiary/aromatic N) is 1. The van der Waals surface area contributed by atoms with Gasteiger partial charge >= 0.3 is 6.09 Å². The lowest BCUT2D eigenvalue weighted by Gasteiger charge is -2.29. The van der Waals surface area contributed by atoms with Gasteiger partial charge in [-0.3, -0.25) is 9.69 Å². The molecule has 1 rings (SSSR count). The van der Waals surface area contributed by atoms with Crippen molar-refractivity contribution in [1.29, 1.82) is 0 Å². The van der Waals surface area contributed by atoms with E-state index in [1.165, 1.54) is 4.90 Å². The van der Waals surface area contributed by atoms with E-state index < -0.39 is 23.8 Å². The van der Waals surface area contributed by atoms with Gasteiger partial charge in [-0.25, -0.2) is 4.79 Å². The van der Waals surface area contributed by atoms with Gasteiger partial charge in [0.05, 0.1) is 12.1 Å². The summed E-state index contributed by atoms with van der Waals surface area (Å²) in [5, 5.41) is 0. The van der Waals surface area contributed by atoms with Crippen LogP contribution in [0.15, 0.2) is 0 Å². The number of nitrogens with two attached hydrogens (primary N) is 1. The van der Waals surface area contributed by atoms with Crippen LogP contribution in [0.1, 0.15) is 60.3 Å². The summed E-state index contributed by atoms with van der Waals surface area (Å²) in [6.45, 7) is 10.8. The van der Waals surface area contributed by atoms with E-state index in [1.54, 1.807) is 0 Å². The Morgan fingerprint density at radius 2 is 1.76 bits per heavy atom. The Morgan fingerprint density at radius 1 is 1.16 bits per heavy atom. The van der Waals surface area contributed by atoms with E-state index in [0.29, 0.717) is 39.0 Å². The molecule has 0 saturated carbocycles. The lowest BCUT2D eigenvalue weighted by atomic mass is 9.99. The van der Waals surface area contributed by atoms with Crippen molar-refractivity contribution >= 4 is 11.9 Å². The number of hydrogen-bond donors (Lipinski definition) is 1. The molecule has 1 heterocycles. The minimum atomic E-state index is -0.642. The largest absolute Gasteiger partial charge is 0.444 e. The van der Waals surface area contributed by atoms with Crippen molar-refractivity contribution in [2.24, 2.45) is 5.73 Å². The molecule has 2 atom stereocenters. The van der Waals surface area contributed by atoms with Crippen molar-refractivity contribution in [1.82, 2.24) is 4.90 Å². The highest BCUT2D eigenvalue weighted by Crippen LogP contribution is 2.23. The highest BCUT2D eigenvalue weighted by atomic mass is 16.7. The van der Waals surface area contributed by atoms with E-state index in [9.17, 15) is 9.59 Å². The van der Waals surface area contributed by atoms with Gasteiger partial charge in [0.15, 0.2) is 12.1 Å². The van der Waals surface area contributed by atoms with Gasteiger partial charge in [-0.1, -0.05) is 0 Å². The third kappa shape index (κ3) is 7.30. The summed E-state index contributed by atoms with van der Waals surface area (Å²) in [7, 11) is 0. The van der Waals surface area contributed by atoms with Crippen molar-refractivity contribution in [3.63, 3.8) is 0 Å². The van der Waals surface area contributed by atoms with Crippen LogP contribution in [-0.4, -0.2) is 60.5 Å². The first-order valence-electron chi connectivity index (χ1n) is 9.21. The Morgan fingerprint density at radius 3 is 2.28 bits per heavy atom. The molecule has 1 aliphatic rings. The highest BCUT2D eigenvalue weighted by Gasteiger charge is 2.38. The summed E-state index contributed by atoms with van der Waals surface area (Å²) in [5.74, 6) is -0.116. The number of carbonyl (C=O) groups excluding carboxylic acids is 2. The lowest BCUT2D eigenvalue weighted by molar-refractivity contribution is -0.142. The van der Waals surface area contributed by atoms with E-state index >= 15 is 0 Å². The smallest absolute Gasteiger partial charge is 0.410 e. The van der Waals surface area contributed by atoms with E-state index in [4.69, 9.17) is 19.9 Å². The van der Waals surface area contributed by atoms with Crippen LogP contribution < -0.4 is 5.73 Å². The summed E-state index contributed by atoms with van der Waals surface area (Å²) in [6, 6.07) is -1.14. The van der Waals surface area contributed by atoms with E-state index in [2.05, 4.69) is 0 Å². The molecule has 1 amide bonds. The second-order valence-corrected chi connectivity index (χ2v) is 7.26. The number of amides is 1. The molecule has 1 fully saturated rings. The maximum absolute atomic E-state index is 12.7. The van der Waals surface area contributed by atoms with Crippen molar-refractivity contribution in [2.75, 3.05) is 19.8 Å². The molecule has 0 bridgehead atoms. The average Bonchev–Trinajstić information content (AvgIpc) is 3.00. The summed E-state index contributed by atoms with van der Waals surface area (Å²) < 4.78 is 16.4. The SMILES string of the molecule is CCOC(CCC(N)C(=O)[C@@H]1CCCN1C(=O)OC(C)(C)C)OCC. The van der Waals surface area contributed by atoms with Crippen LogP contribution in [0.3, 0.4) is 0 Å². The molecule has 146 valence electrons. The van der Waals surface area contributed by atoms with Crippen LogP contribution in [0.2, 0.25) is 0 Å².